The predicted octanol–water partition coefficient (Wildman–Crippen LogP) is 1.65. The molecule has 0 saturated heterocycles. The molecule has 1 aromatic heterocycles. The van der Waals surface area contributed by atoms with Crippen LogP contribution in [0.3, 0.4) is 0 Å². The van der Waals surface area contributed by atoms with Crippen molar-refractivity contribution in [2.45, 2.75) is 26.3 Å². The molecule has 1 aromatic carbocycles. The van der Waals surface area contributed by atoms with Gasteiger partial charge in [0.2, 0.25) is 0 Å². The number of carbonyl (C=O) groups excluding carboxylic acids is 3. The van der Waals surface area contributed by atoms with Crippen LogP contribution < -0.4 is 5.73 Å². The summed E-state index contributed by atoms with van der Waals surface area (Å²) in [5.41, 5.74) is 6.79. The molecule has 0 fully saturated rings. The number of nitrogens with one attached hydrogen (secondary N) is 1. The molecule has 26 heavy (non-hydrogen) atoms. The zero-order chi connectivity index (χ0) is 19.3. The lowest BCUT2D eigenvalue weighted by Crippen LogP contribution is -2.45. The fourth-order valence-electron chi connectivity index (χ4n) is 2.75. The lowest BCUT2D eigenvalue weighted by molar-refractivity contribution is -0.131. The standard InChI is InChI=1S/C19H22N4O3/c1-12(2)9-15(21)17(24)11-23(8-7-20)19(26)18(25)14-10-22-16-6-4-3-5-13(14)16/h3-6,10,12,15,22H,8-9,11,21H2,1-2H3/t15-/m0/s1. The summed E-state index contributed by atoms with van der Waals surface area (Å²) in [6, 6.07) is 8.18. The second kappa shape index (κ2) is 8.41. The molecule has 0 spiro atoms. The molecule has 1 atom stereocenters. The van der Waals surface area contributed by atoms with Gasteiger partial charge in [0.25, 0.3) is 11.7 Å². The maximum Gasteiger partial charge on any atom is 0.296 e. The first-order valence-electron chi connectivity index (χ1n) is 8.40. The normalized spacial score (nSPS) is 12.0. The lowest BCUT2D eigenvalue weighted by Gasteiger charge is -2.20. The number of nitrogens with zero attached hydrogens (tertiary/aromatic N) is 2. The van der Waals surface area contributed by atoms with Gasteiger partial charge in [-0.15, -0.1) is 0 Å². The van der Waals surface area contributed by atoms with Crippen LogP contribution in [0, 0.1) is 17.2 Å². The third kappa shape index (κ3) is 4.35. The van der Waals surface area contributed by atoms with Gasteiger partial charge in [0, 0.05) is 17.1 Å². The lowest BCUT2D eigenvalue weighted by atomic mass is 10.0. The highest BCUT2D eigenvalue weighted by atomic mass is 16.2. The third-order valence-electron chi connectivity index (χ3n) is 4.06. The molecule has 0 radical (unpaired) electrons. The Balaban J connectivity index is 2.18. The Hall–Kier alpha value is -2.98. The Kier molecular flexibility index (Phi) is 6.26. The molecule has 1 heterocycles. The molecule has 3 N–H and O–H groups in total. The van der Waals surface area contributed by atoms with Crippen LogP contribution in [0.5, 0.6) is 0 Å². The van der Waals surface area contributed by atoms with Crippen LogP contribution in [-0.4, -0.2) is 46.5 Å². The molecule has 2 aromatic rings. The first-order valence-corrected chi connectivity index (χ1v) is 8.40. The highest BCUT2D eigenvalue weighted by molar-refractivity contribution is 6.45. The Morgan fingerprint density at radius 2 is 1.96 bits per heavy atom. The summed E-state index contributed by atoms with van der Waals surface area (Å²) in [4.78, 5) is 41.3. The minimum absolute atomic E-state index is 0.215. The van der Waals surface area contributed by atoms with E-state index in [4.69, 9.17) is 11.0 Å². The van der Waals surface area contributed by atoms with Crippen LogP contribution in [0.1, 0.15) is 30.6 Å². The number of hydrogen-bond donors (Lipinski definition) is 2. The Morgan fingerprint density at radius 3 is 2.62 bits per heavy atom. The number of aromatic amines is 1. The van der Waals surface area contributed by atoms with Crippen molar-refractivity contribution in [3.63, 3.8) is 0 Å². The van der Waals surface area contributed by atoms with Gasteiger partial charge >= 0.3 is 0 Å². The number of carbonyl (C=O) groups is 3. The van der Waals surface area contributed by atoms with E-state index >= 15 is 0 Å². The van der Waals surface area contributed by atoms with E-state index in [0.29, 0.717) is 11.8 Å². The van der Waals surface area contributed by atoms with Crippen molar-refractivity contribution in [3.8, 4) is 6.07 Å². The molecular formula is C19H22N4O3. The SMILES string of the molecule is CC(C)C[C@H](N)C(=O)CN(CC#N)C(=O)C(=O)c1c[nH]c2ccccc12. The highest BCUT2D eigenvalue weighted by Gasteiger charge is 2.28. The van der Waals surface area contributed by atoms with Gasteiger partial charge in [-0.2, -0.15) is 5.26 Å². The number of hydrogen-bond acceptors (Lipinski definition) is 5. The van der Waals surface area contributed by atoms with Crippen molar-refractivity contribution >= 4 is 28.4 Å². The van der Waals surface area contributed by atoms with Crippen molar-refractivity contribution in [2.75, 3.05) is 13.1 Å². The number of rotatable bonds is 8. The smallest absolute Gasteiger partial charge is 0.296 e. The molecule has 2 rings (SSSR count). The summed E-state index contributed by atoms with van der Waals surface area (Å²) in [5, 5.41) is 9.58. The van der Waals surface area contributed by atoms with Crippen molar-refractivity contribution in [1.29, 1.82) is 5.26 Å². The van der Waals surface area contributed by atoms with Crippen LogP contribution in [-0.2, 0) is 9.59 Å². The Bertz CT molecular complexity index is 863. The number of H-pyrrole nitrogens is 1. The average Bonchev–Trinajstić information content (AvgIpc) is 3.03. The fraction of sp³-hybridized carbons (Fsp3) is 0.368. The van der Waals surface area contributed by atoms with E-state index in [9.17, 15) is 14.4 Å². The van der Waals surface area contributed by atoms with Gasteiger partial charge in [-0.1, -0.05) is 32.0 Å². The molecule has 0 bridgehead atoms. The summed E-state index contributed by atoms with van der Waals surface area (Å²) in [7, 11) is 0. The number of amides is 1. The van der Waals surface area contributed by atoms with E-state index in [1.165, 1.54) is 6.20 Å². The second-order valence-electron chi connectivity index (χ2n) is 6.60. The summed E-state index contributed by atoms with van der Waals surface area (Å²) < 4.78 is 0. The van der Waals surface area contributed by atoms with E-state index in [1.807, 2.05) is 26.0 Å². The number of ketones is 2. The highest BCUT2D eigenvalue weighted by Crippen LogP contribution is 2.19. The van der Waals surface area contributed by atoms with Crippen LogP contribution in [0.15, 0.2) is 30.5 Å². The zero-order valence-electron chi connectivity index (χ0n) is 14.9. The number of Topliss-reactive ketones (excluding diaryl/α,β-unsaturated/α-hetero) is 2. The van der Waals surface area contributed by atoms with Crippen LogP contribution in [0.4, 0.5) is 0 Å². The molecule has 7 heteroatoms. The molecule has 1 amide bonds. The second-order valence-corrected chi connectivity index (χ2v) is 6.60. The topological polar surface area (TPSA) is 120 Å². The van der Waals surface area contributed by atoms with Crippen molar-refractivity contribution in [1.82, 2.24) is 9.88 Å². The van der Waals surface area contributed by atoms with Gasteiger partial charge < -0.3 is 15.6 Å². The van der Waals surface area contributed by atoms with Crippen molar-refractivity contribution in [3.05, 3.63) is 36.0 Å². The first kappa shape index (κ1) is 19.3. The molecule has 7 nitrogen and oxygen atoms in total. The summed E-state index contributed by atoms with van der Waals surface area (Å²) in [6.07, 6.45) is 1.94. The first-order chi connectivity index (χ1) is 12.3. The molecule has 0 aliphatic rings. The fourth-order valence-corrected chi connectivity index (χ4v) is 2.75. The zero-order valence-corrected chi connectivity index (χ0v) is 14.9. The van der Waals surface area contributed by atoms with Crippen LogP contribution >= 0.6 is 0 Å². The predicted molar refractivity (Wildman–Crippen MR) is 97.3 cm³/mol. The van der Waals surface area contributed by atoms with Gasteiger partial charge in [0.15, 0.2) is 5.78 Å². The molecule has 0 aliphatic carbocycles. The minimum Gasteiger partial charge on any atom is -0.360 e. The monoisotopic (exact) mass is 354 g/mol. The maximum atomic E-state index is 12.6. The van der Waals surface area contributed by atoms with Gasteiger partial charge in [-0.3, -0.25) is 14.4 Å². The maximum absolute atomic E-state index is 12.6. The average molecular weight is 354 g/mol. The third-order valence-corrected chi connectivity index (χ3v) is 4.06. The number of fused-ring (bicyclic) bond motifs is 1. The Morgan fingerprint density at radius 1 is 1.27 bits per heavy atom. The summed E-state index contributed by atoms with van der Waals surface area (Å²) >= 11 is 0. The van der Waals surface area contributed by atoms with Gasteiger partial charge in [-0.05, 0) is 18.4 Å². The quantitative estimate of drug-likeness (QED) is 0.424. The van der Waals surface area contributed by atoms with E-state index in [2.05, 4.69) is 4.98 Å². The van der Waals surface area contributed by atoms with Crippen molar-refractivity contribution in [2.24, 2.45) is 11.7 Å². The molecule has 0 unspecified atom stereocenters. The number of nitrogens with two attached hydrogens (primary N) is 1. The van der Waals surface area contributed by atoms with Gasteiger partial charge in [0.1, 0.15) is 6.54 Å². The largest absolute Gasteiger partial charge is 0.360 e. The summed E-state index contributed by atoms with van der Waals surface area (Å²) in [5.74, 6) is -1.79. The van der Waals surface area contributed by atoms with E-state index < -0.39 is 17.7 Å². The Labute approximate surface area is 151 Å². The van der Waals surface area contributed by atoms with E-state index in [-0.39, 0.29) is 30.4 Å². The van der Waals surface area contributed by atoms with Crippen LogP contribution in [0.2, 0.25) is 0 Å². The van der Waals surface area contributed by atoms with E-state index in [0.717, 1.165) is 10.4 Å². The van der Waals surface area contributed by atoms with Gasteiger partial charge in [0.05, 0.1) is 24.2 Å². The number of aromatic nitrogens is 1. The molecule has 0 aliphatic heterocycles. The van der Waals surface area contributed by atoms with E-state index in [1.54, 1.807) is 18.2 Å². The van der Waals surface area contributed by atoms with Crippen molar-refractivity contribution < 1.29 is 14.4 Å². The van der Waals surface area contributed by atoms with Gasteiger partial charge in [-0.25, -0.2) is 0 Å². The molecule has 0 saturated carbocycles. The summed E-state index contributed by atoms with van der Waals surface area (Å²) in [6.45, 7) is 3.17. The number of para-hydroxylation sites is 1. The molecular weight excluding hydrogens is 332 g/mol. The number of nitriles is 1. The number of benzene rings is 1. The van der Waals surface area contributed by atoms with Crippen LogP contribution in [0.25, 0.3) is 10.9 Å². The molecule has 136 valence electrons. The minimum atomic E-state index is -0.888.